The van der Waals surface area contributed by atoms with Crippen LogP contribution in [0.15, 0.2) is 16.5 Å². The summed E-state index contributed by atoms with van der Waals surface area (Å²) in [5.74, 6) is 3.67. The Morgan fingerprint density at radius 2 is 1.89 bits per heavy atom. The molecule has 0 bridgehead atoms. The van der Waals surface area contributed by atoms with E-state index in [1.165, 1.54) is 0 Å². The number of rotatable bonds is 4. The molecule has 0 aromatic carbocycles. The topological polar surface area (TPSA) is 51.8 Å². The molecule has 98 valence electrons. The summed E-state index contributed by atoms with van der Waals surface area (Å²) in [6, 6.07) is 3.49. The summed E-state index contributed by atoms with van der Waals surface area (Å²) in [6.45, 7) is 9.55. The molecule has 0 spiro atoms. The number of hydrogen-bond acceptors (Lipinski definition) is 4. The van der Waals surface area contributed by atoms with Gasteiger partial charge in [-0.25, -0.2) is 0 Å². The molecule has 0 aliphatic heterocycles. The first-order valence-electron chi connectivity index (χ1n) is 5.78. The van der Waals surface area contributed by atoms with E-state index in [0.29, 0.717) is 11.7 Å². The Labute approximate surface area is 109 Å². The van der Waals surface area contributed by atoms with Gasteiger partial charge >= 0.3 is 7.69 Å². The van der Waals surface area contributed by atoms with Gasteiger partial charge in [-0.2, -0.15) is 0 Å². The van der Waals surface area contributed by atoms with E-state index in [2.05, 4.69) is 5.92 Å². The second-order valence-corrected chi connectivity index (χ2v) is 5.50. The molecule has 1 heterocycles. The van der Waals surface area contributed by atoms with Gasteiger partial charge in [0.2, 0.25) is 0 Å². The van der Waals surface area contributed by atoms with Gasteiger partial charge in [0.1, 0.15) is 11.9 Å². The van der Waals surface area contributed by atoms with Crippen LogP contribution in [0.1, 0.15) is 40.4 Å². The molecular weight excluding hydrogens is 231 g/mol. The Hall–Kier alpha value is -1.54. The Morgan fingerprint density at radius 1 is 1.22 bits per heavy atom. The highest BCUT2D eigenvalue weighted by Crippen LogP contribution is 2.27. The van der Waals surface area contributed by atoms with Crippen molar-refractivity contribution in [3.05, 3.63) is 17.9 Å². The van der Waals surface area contributed by atoms with Gasteiger partial charge in [0.05, 0.1) is 5.41 Å². The minimum Gasteiger partial charge on any atom is -0.512 e. The van der Waals surface area contributed by atoms with Crippen molar-refractivity contribution in [2.75, 3.05) is 0 Å². The van der Waals surface area contributed by atoms with Gasteiger partial charge in [0, 0.05) is 11.7 Å². The molecule has 0 radical (unpaired) electrons. The number of aliphatic hydroxyl groups excluding tert-OH is 1. The van der Waals surface area contributed by atoms with Crippen LogP contribution in [0.5, 0.6) is 5.95 Å². The first kappa shape index (κ1) is 14.5. The van der Waals surface area contributed by atoms with E-state index < -0.39 is 5.41 Å². The van der Waals surface area contributed by atoms with Gasteiger partial charge in [0.25, 0.3) is 5.95 Å². The highest BCUT2D eigenvalue weighted by Gasteiger charge is 2.23. The molecule has 18 heavy (non-hydrogen) atoms. The lowest BCUT2D eigenvalue weighted by Gasteiger charge is -2.18. The molecule has 0 aliphatic carbocycles. The second-order valence-electron chi connectivity index (χ2n) is 5.50. The molecule has 1 aromatic heterocycles. The highest BCUT2D eigenvalue weighted by molar-refractivity contribution is 6.19. The highest BCUT2D eigenvalue weighted by atomic mass is 16.6. The van der Waals surface area contributed by atoms with Crippen molar-refractivity contribution in [1.29, 1.82) is 0 Å². The predicted molar refractivity (Wildman–Crippen MR) is 70.1 cm³/mol. The lowest BCUT2D eigenvalue weighted by Crippen LogP contribution is -2.24. The maximum atomic E-state index is 8.65. The first-order valence-corrected chi connectivity index (χ1v) is 5.78. The van der Waals surface area contributed by atoms with E-state index >= 15 is 0 Å². The third-order valence-electron chi connectivity index (χ3n) is 2.26. The fourth-order valence-electron chi connectivity index (χ4n) is 1.20. The van der Waals surface area contributed by atoms with Gasteiger partial charge in [-0.05, 0) is 46.6 Å². The summed E-state index contributed by atoms with van der Waals surface area (Å²) in [5, 5.41) is 8.65. The Morgan fingerprint density at radius 3 is 2.44 bits per heavy atom. The van der Waals surface area contributed by atoms with Gasteiger partial charge in [0.15, 0.2) is 0 Å². The summed E-state index contributed by atoms with van der Waals surface area (Å²) >= 11 is 0. The van der Waals surface area contributed by atoms with Crippen LogP contribution in [0.2, 0.25) is 0 Å². The maximum Gasteiger partial charge on any atom is 0.509 e. The second kappa shape index (κ2) is 5.41. The van der Waals surface area contributed by atoms with Crippen molar-refractivity contribution in [2.24, 2.45) is 0 Å². The number of hydrogen-bond donors (Lipinski definition) is 1. The molecule has 4 nitrogen and oxygen atoms in total. The summed E-state index contributed by atoms with van der Waals surface area (Å²) in [4.78, 5) is 0. The fraction of sp³-hybridized carbons (Fsp3) is 0.538. The van der Waals surface area contributed by atoms with Gasteiger partial charge in [-0.1, -0.05) is 0 Å². The summed E-state index contributed by atoms with van der Waals surface area (Å²) in [6.07, 6.45) is 1.90. The van der Waals surface area contributed by atoms with E-state index in [0.717, 1.165) is 0 Å². The molecule has 0 saturated carbocycles. The van der Waals surface area contributed by atoms with Crippen LogP contribution in [0.25, 0.3) is 0 Å². The number of furan rings is 1. The van der Waals surface area contributed by atoms with Crippen molar-refractivity contribution < 1.29 is 18.8 Å². The van der Waals surface area contributed by atoms with Gasteiger partial charge in [-0.15, -0.1) is 0 Å². The molecule has 1 N–H and O–H groups in total. The molecule has 1 aromatic rings. The van der Waals surface area contributed by atoms with Crippen LogP contribution in [0.3, 0.4) is 0 Å². The Bertz CT molecular complexity index is 446. The van der Waals surface area contributed by atoms with E-state index in [-0.39, 0.29) is 13.3 Å². The molecule has 0 atom stereocenters. The lowest BCUT2D eigenvalue weighted by molar-refractivity contribution is 0.114. The van der Waals surface area contributed by atoms with Crippen LogP contribution >= 0.6 is 0 Å². The smallest absolute Gasteiger partial charge is 0.509 e. The monoisotopic (exact) mass is 250 g/mol. The molecular formula is C13H19BO4. The normalized spacial score (nSPS) is 11.6. The summed E-state index contributed by atoms with van der Waals surface area (Å²) < 4.78 is 16.3. The molecule has 0 fully saturated rings. The van der Waals surface area contributed by atoms with Gasteiger partial charge < -0.3 is 18.8 Å². The molecule has 5 heteroatoms. The van der Waals surface area contributed by atoms with Crippen molar-refractivity contribution in [1.82, 2.24) is 0 Å². The van der Waals surface area contributed by atoms with Crippen molar-refractivity contribution in [3.8, 4) is 18.0 Å². The largest absolute Gasteiger partial charge is 0.512 e. The van der Waals surface area contributed by atoms with E-state index in [1.54, 1.807) is 12.1 Å². The third kappa shape index (κ3) is 4.38. The van der Waals surface area contributed by atoms with Crippen molar-refractivity contribution in [3.63, 3.8) is 0 Å². The summed E-state index contributed by atoms with van der Waals surface area (Å²) in [5.41, 5.74) is -0.807. The fourth-order valence-corrected chi connectivity index (χ4v) is 1.20. The van der Waals surface area contributed by atoms with E-state index in [9.17, 15) is 0 Å². The van der Waals surface area contributed by atoms with E-state index in [4.69, 9.17) is 18.8 Å². The Balaban J connectivity index is 2.61. The Kier molecular flexibility index (Phi) is 4.36. The first-order chi connectivity index (χ1) is 8.24. The van der Waals surface area contributed by atoms with Crippen molar-refractivity contribution in [2.45, 2.75) is 45.6 Å². The van der Waals surface area contributed by atoms with Gasteiger partial charge in [-0.3, -0.25) is 0 Å². The van der Waals surface area contributed by atoms with Crippen LogP contribution in [-0.4, -0.2) is 18.4 Å². The minimum absolute atomic E-state index is 0.128. The standard InChI is InChI=1S/C13H19BO4/c1-12(2,3)18-14-17-11-7-6-10(16-11)13(4,5)8-9-15/h6-7,14-15H,1-5H3. The molecule has 1 rings (SSSR count). The van der Waals surface area contributed by atoms with Crippen molar-refractivity contribution >= 4 is 7.69 Å². The minimum atomic E-state index is -0.554. The molecule has 0 unspecified atom stereocenters. The maximum absolute atomic E-state index is 8.65. The molecule has 0 saturated heterocycles. The SMILES string of the molecule is CC(C)(C)OBOc1ccc(C(C)(C)C#CO)o1. The zero-order valence-electron chi connectivity index (χ0n) is 11.5. The average Bonchev–Trinajstić information content (AvgIpc) is 2.65. The van der Waals surface area contributed by atoms with E-state index in [1.807, 2.05) is 40.7 Å². The zero-order valence-corrected chi connectivity index (χ0v) is 11.5. The predicted octanol–water partition coefficient (Wildman–Crippen LogP) is 2.35. The zero-order chi connectivity index (χ0) is 13.8. The quantitative estimate of drug-likeness (QED) is 0.658. The summed E-state index contributed by atoms with van der Waals surface area (Å²) in [7, 11) is 0.128. The van der Waals surface area contributed by atoms with Crippen LogP contribution in [-0.2, 0) is 10.1 Å². The van der Waals surface area contributed by atoms with Crippen LogP contribution in [0.4, 0.5) is 0 Å². The molecule has 0 amide bonds. The van der Waals surface area contributed by atoms with Crippen LogP contribution in [0, 0.1) is 12.0 Å². The molecule has 0 aliphatic rings. The average molecular weight is 250 g/mol. The third-order valence-corrected chi connectivity index (χ3v) is 2.26. The van der Waals surface area contributed by atoms with Crippen LogP contribution < -0.4 is 4.65 Å². The lowest BCUT2D eigenvalue weighted by atomic mass is 9.92. The number of aliphatic hydroxyl groups is 1.